The van der Waals surface area contributed by atoms with Gasteiger partial charge in [-0.05, 0) is 29.3 Å². The molecule has 122 valence electrons. The van der Waals surface area contributed by atoms with E-state index in [4.69, 9.17) is 5.21 Å². The van der Waals surface area contributed by atoms with Crippen molar-refractivity contribution >= 4 is 23.0 Å². The summed E-state index contributed by atoms with van der Waals surface area (Å²) in [7, 11) is 0. The predicted octanol–water partition coefficient (Wildman–Crippen LogP) is 2.95. The number of rotatable bonds is 4. The third kappa shape index (κ3) is 3.31. The highest BCUT2D eigenvalue weighted by molar-refractivity contribution is 5.90. The molecule has 7 heteroatoms. The van der Waals surface area contributed by atoms with Gasteiger partial charge in [0.15, 0.2) is 11.6 Å². The number of fused-ring (bicyclic) bond motifs is 1. The minimum absolute atomic E-state index is 0.0143. The fraction of sp³-hybridized carbons (Fsp3) is 0.0588. The maximum Gasteiger partial charge on any atom is 0.267 e. The predicted molar refractivity (Wildman–Crippen MR) is 84.2 cm³/mol. The van der Waals surface area contributed by atoms with E-state index in [9.17, 15) is 13.6 Å². The van der Waals surface area contributed by atoms with Crippen LogP contribution in [0, 0.1) is 11.6 Å². The zero-order valence-electron chi connectivity index (χ0n) is 12.4. The number of hydroxylamine groups is 1. The molecule has 0 fully saturated rings. The smallest absolute Gasteiger partial charge is 0.267 e. The number of aromatic amines is 1. The average molecular weight is 329 g/mol. The van der Waals surface area contributed by atoms with Crippen molar-refractivity contribution < 1.29 is 18.8 Å². The van der Waals surface area contributed by atoms with Crippen LogP contribution in [0.5, 0.6) is 0 Å². The Labute approximate surface area is 135 Å². The van der Waals surface area contributed by atoms with Crippen LogP contribution in [0.2, 0.25) is 0 Å². The standard InChI is InChI=1S/C17H13F2N3O2/c18-12-6-7-13-17(16(12)19)21-14(20-13)9-11-3-1-10(2-4-11)5-8-15(23)22-24/h1-8,24H,9H2,(H,20,21)(H,22,23). The summed E-state index contributed by atoms with van der Waals surface area (Å²) in [5.74, 6) is -1.98. The van der Waals surface area contributed by atoms with Gasteiger partial charge in [0.1, 0.15) is 11.3 Å². The number of nitrogens with one attached hydrogen (secondary N) is 2. The summed E-state index contributed by atoms with van der Waals surface area (Å²) in [6.45, 7) is 0. The molecule has 0 bridgehead atoms. The van der Waals surface area contributed by atoms with E-state index in [-0.39, 0.29) is 5.52 Å². The fourth-order valence-corrected chi connectivity index (χ4v) is 2.30. The number of aromatic nitrogens is 2. The molecule has 24 heavy (non-hydrogen) atoms. The highest BCUT2D eigenvalue weighted by Crippen LogP contribution is 2.19. The summed E-state index contributed by atoms with van der Waals surface area (Å²) < 4.78 is 26.9. The first-order valence-corrected chi connectivity index (χ1v) is 7.10. The van der Waals surface area contributed by atoms with Crippen LogP contribution in [-0.2, 0) is 11.2 Å². The molecule has 1 heterocycles. The molecule has 3 rings (SSSR count). The third-order valence-electron chi connectivity index (χ3n) is 3.48. The van der Waals surface area contributed by atoms with Crippen molar-refractivity contribution in [2.45, 2.75) is 6.42 Å². The Hall–Kier alpha value is -3.06. The topological polar surface area (TPSA) is 78.0 Å². The second-order valence-electron chi connectivity index (χ2n) is 5.17. The Morgan fingerprint density at radius 3 is 2.67 bits per heavy atom. The second kappa shape index (κ2) is 6.59. The Bertz CT molecular complexity index is 917. The van der Waals surface area contributed by atoms with Crippen LogP contribution in [0.1, 0.15) is 17.0 Å². The first kappa shape index (κ1) is 15.8. The maximum atomic E-state index is 13.7. The quantitative estimate of drug-likeness (QED) is 0.391. The number of nitrogens with zero attached hydrogens (tertiary/aromatic N) is 1. The van der Waals surface area contributed by atoms with Gasteiger partial charge in [-0.3, -0.25) is 10.0 Å². The Morgan fingerprint density at radius 1 is 1.21 bits per heavy atom. The summed E-state index contributed by atoms with van der Waals surface area (Å²) in [6, 6.07) is 9.76. The van der Waals surface area contributed by atoms with Gasteiger partial charge in [-0.2, -0.15) is 0 Å². The van der Waals surface area contributed by atoms with Crippen molar-refractivity contribution in [2.24, 2.45) is 0 Å². The van der Waals surface area contributed by atoms with Gasteiger partial charge in [0.25, 0.3) is 5.91 Å². The van der Waals surface area contributed by atoms with Crippen LogP contribution in [0.15, 0.2) is 42.5 Å². The summed E-state index contributed by atoms with van der Waals surface area (Å²) in [6.07, 6.45) is 3.18. The lowest BCUT2D eigenvalue weighted by atomic mass is 10.1. The number of carbonyl (C=O) groups excluding carboxylic acids is 1. The first-order valence-electron chi connectivity index (χ1n) is 7.10. The molecule has 3 aromatic rings. The van der Waals surface area contributed by atoms with E-state index >= 15 is 0 Å². The number of hydrogen-bond donors (Lipinski definition) is 3. The molecule has 1 aromatic heterocycles. The average Bonchev–Trinajstić information content (AvgIpc) is 3.00. The molecule has 0 saturated heterocycles. The highest BCUT2D eigenvalue weighted by atomic mass is 19.2. The van der Waals surface area contributed by atoms with E-state index in [2.05, 4.69) is 9.97 Å². The normalized spacial score (nSPS) is 11.3. The second-order valence-corrected chi connectivity index (χ2v) is 5.17. The molecule has 1 amide bonds. The number of hydrogen-bond acceptors (Lipinski definition) is 3. The summed E-state index contributed by atoms with van der Waals surface area (Å²) >= 11 is 0. The largest absolute Gasteiger partial charge is 0.342 e. The van der Waals surface area contributed by atoms with Crippen LogP contribution in [0.4, 0.5) is 8.78 Å². The van der Waals surface area contributed by atoms with Gasteiger partial charge in [0.05, 0.1) is 5.52 Å². The molecule has 0 radical (unpaired) electrons. The van der Waals surface area contributed by atoms with Gasteiger partial charge in [-0.15, -0.1) is 0 Å². The number of halogens is 2. The molecule has 0 unspecified atom stereocenters. The van der Waals surface area contributed by atoms with Crippen LogP contribution in [0.3, 0.4) is 0 Å². The van der Waals surface area contributed by atoms with Gasteiger partial charge in [-0.25, -0.2) is 19.2 Å². The minimum Gasteiger partial charge on any atom is -0.342 e. The molecular formula is C17H13F2N3O2. The lowest BCUT2D eigenvalue weighted by molar-refractivity contribution is -0.124. The molecule has 3 N–H and O–H groups in total. The summed E-state index contributed by atoms with van der Waals surface area (Å²) in [5, 5.41) is 8.41. The number of carbonyl (C=O) groups is 1. The van der Waals surface area contributed by atoms with Crippen LogP contribution >= 0.6 is 0 Å². The van der Waals surface area contributed by atoms with E-state index in [1.54, 1.807) is 18.2 Å². The fourth-order valence-electron chi connectivity index (χ4n) is 2.30. The number of benzene rings is 2. The number of H-pyrrole nitrogens is 1. The van der Waals surface area contributed by atoms with Gasteiger partial charge >= 0.3 is 0 Å². The summed E-state index contributed by atoms with van der Waals surface area (Å²) in [4.78, 5) is 18.0. The van der Waals surface area contributed by atoms with Crippen LogP contribution < -0.4 is 5.48 Å². The lowest BCUT2D eigenvalue weighted by Gasteiger charge is -1.99. The van der Waals surface area contributed by atoms with E-state index < -0.39 is 17.5 Å². The van der Waals surface area contributed by atoms with Crippen LogP contribution in [0.25, 0.3) is 17.1 Å². The van der Waals surface area contributed by atoms with Crippen molar-refractivity contribution in [1.29, 1.82) is 0 Å². The van der Waals surface area contributed by atoms with Gasteiger partial charge in [0, 0.05) is 12.5 Å². The first-order chi connectivity index (χ1) is 11.6. The molecule has 0 aliphatic carbocycles. The zero-order valence-corrected chi connectivity index (χ0v) is 12.4. The van der Waals surface area contributed by atoms with Crippen molar-refractivity contribution in [3.8, 4) is 0 Å². The van der Waals surface area contributed by atoms with Crippen molar-refractivity contribution in [3.05, 3.63) is 71.1 Å². The maximum absolute atomic E-state index is 13.7. The monoisotopic (exact) mass is 329 g/mol. The lowest BCUT2D eigenvalue weighted by Crippen LogP contribution is -2.14. The number of amides is 1. The molecule has 5 nitrogen and oxygen atoms in total. The molecule has 0 atom stereocenters. The van der Waals surface area contributed by atoms with Crippen molar-refractivity contribution in [1.82, 2.24) is 15.4 Å². The molecular weight excluding hydrogens is 316 g/mol. The van der Waals surface area contributed by atoms with E-state index in [0.717, 1.165) is 17.2 Å². The van der Waals surface area contributed by atoms with E-state index in [0.29, 0.717) is 17.8 Å². The molecule has 0 spiro atoms. The van der Waals surface area contributed by atoms with Gasteiger partial charge in [-0.1, -0.05) is 24.3 Å². The van der Waals surface area contributed by atoms with E-state index in [1.165, 1.54) is 17.6 Å². The number of imidazole rings is 1. The minimum atomic E-state index is -0.961. The van der Waals surface area contributed by atoms with Crippen molar-refractivity contribution in [2.75, 3.05) is 0 Å². The Morgan fingerprint density at radius 2 is 1.96 bits per heavy atom. The SMILES string of the molecule is O=C(C=Cc1ccc(Cc2nc3c(F)c(F)ccc3[nH]2)cc1)NO. The molecule has 0 aliphatic heterocycles. The Kier molecular flexibility index (Phi) is 4.35. The van der Waals surface area contributed by atoms with Gasteiger partial charge in [0.2, 0.25) is 0 Å². The third-order valence-corrected chi connectivity index (χ3v) is 3.48. The van der Waals surface area contributed by atoms with Crippen molar-refractivity contribution in [3.63, 3.8) is 0 Å². The Balaban J connectivity index is 1.78. The molecule has 0 saturated carbocycles. The highest BCUT2D eigenvalue weighted by Gasteiger charge is 2.12. The van der Waals surface area contributed by atoms with E-state index in [1.807, 2.05) is 12.1 Å². The van der Waals surface area contributed by atoms with Gasteiger partial charge < -0.3 is 4.98 Å². The molecule has 2 aromatic carbocycles. The van der Waals surface area contributed by atoms with Crippen LogP contribution in [-0.4, -0.2) is 21.1 Å². The molecule has 0 aliphatic rings. The summed E-state index contributed by atoms with van der Waals surface area (Å²) in [5.41, 5.74) is 3.63. The zero-order chi connectivity index (χ0) is 17.1.